The molecule has 0 bridgehead atoms. The molecule has 1 aliphatic carbocycles. The molecule has 1 aromatic carbocycles. The summed E-state index contributed by atoms with van der Waals surface area (Å²) in [6.45, 7) is 0. The Hall–Kier alpha value is -0.790. The van der Waals surface area contributed by atoms with Crippen molar-refractivity contribution in [2.24, 2.45) is 0 Å². The third-order valence-electron chi connectivity index (χ3n) is 2.57. The normalized spacial score (nSPS) is 23.3. The summed E-state index contributed by atoms with van der Waals surface area (Å²) in [6.07, 6.45) is -5.12. The molecule has 0 unspecified atom stereocenters. The highest BCUT2D eigenvalue weighted by Crippen LogP contribution is 2.39. The SMILES string of the molecule is O=C(O[C@@H]1c2ccccc2C[C@H]1I)C(F)(F)F. The quantitative estimate of drug-likeness (QED) is 0.439. The van der Waals surface area contributed by atoms with E-state index >= 15 is 0 Å². The van der Waals surface area contributed by atoms with E-state index in [-0.39, 0.29) is 3.92 Å². The highest BCUT2D eigenvalue weighted by molar-refractivity contribution is 14.1. The maximum absolute atomic E-state index is 12.1. The number of benzene rings is 1. The first-order valence-corrected chi connectivity index (χ1v) is 6.14. The van der Waals surface area contributed by atoms with Crippen molar-refractivity contribution in [1.29, 1.82) is 0 Å². The van der Waals surface area contributed by atoms with E-state index in [1.54, 1.807) is 12.1 Å². The second-order valence-corrected chi connectivity index (χ2v) is 5.34. The minimum absolute atomic E-state index is 0.156. The first-order chi connectivity index (χ1) is 7.89. The molecular formula is C11H8F3IO2. The topological polar surface area (TPSA) is 26.3 Å². The average Bonchev–Trinajstić information content (AvgIpc) is 2.54. The molecular weight excluding hydrogens is 348 g/mol. The molecule has 0 N–H and O–H groups in total. The molecule has 0 aliphatic heterocycles. The van der Waals surface area contributed by atoms with Crippen LogP contribution >= 0.6 is 22.6 Å². The second kappa shape index (κ2) is 4.47. The Morgan fingerprint density at radius 1 is 1.35 bits per heavy atom. The predicted octanol–water partition coefficient (Wildman–Crippen LogP) is 3.19. The van der Waals surface area contributed by atoms with E-state index < -0.39 is 18.2 Å². The number of ether oxygens (including phenoxy) is 1. The van der Waals surface area contributed by atoms with Crippen molar-refractivity contribution in [2.45, 2.75) is 22.6 Å². The van der Waals surface area contributed by atoms with Gasteiger partial charge < -0.3 is 4.74 Å². The predicted molar refractivity (Wildman–Crippen MR) is 62.8 cm³/mol. The van der Waals surface area contributed by atoms with Crippen LogP contribution in [0.2, 0.25) is 0 Å². The van der Waals surface area contributed by atoms with Crippen molar-refractivity contribution >= 4 is 28.6 Å². The number of hydrogen-bond donors (Lipinski definition) is 0. The van der Waals surface area contributed by atoms with Crippen LogP contribution in [0, 0.1) is 0 Å². The Bertz CT molecular complexity index is 445. The Kier molecular flexibility index (Phi) is 3.33. The van der Waals surface area contributed by atoms with Crippen LogP contribution in [0.3, 0.4) is 0 Å². The van der Waals surface area contributed by atoms with Crippen LogP contribution in [0.4, 0.5) is 13.2 Å². The number of halogens is 4. The number of carbonyl (C=O) groups excluding carboxylic acids is 1. The largest absolute Gasteiger partial charge is 0.490 e. The molecule has 0 fully saturated rings. The van der Waals surface area contributed by atoms with E-state index in [4.69, 9.17) is 0 Å². The summed E-state index contributed by atoms with van der Waals surface area (Å²) in [5.74, 6) is -2.12. The van der Waals surface area contributed by atoms with E-state index in [1.807, 2.05) is 34.7 Å². The maximum atomic E-state index is 12.1. The second-order valence-electron chi connectivity index (χ2n) is 3.74. The smallest absolute Gasteiger partial charge is 0.450 e. The molecule has 17 heavy (non-hydrogen) atoms. The summed E-state index contributed by atoms with van der Waals surface area (Å²) < 4.78 is 40.8. The van der Waals surface area contributed by atoms with E-state index in [9.17, 15) is 18.0 Å². The van der Waals surface area contributed by atoms with Crippen molar-refractivity contribution in [2.75, 3.05) is 0 Å². The fourth-order valence-corrected chi connectivity index (χ4v) is 2.84. The molecule has 0 saturated heterocycles. The van der Waals surface area contributed by atoms with Gasteiger partial charge in [-0.1, -0.05) is 46.9 Å². The molecule has 0 heterocycles. The van der Waals surface area contributed by atoms with Gasteiger partial charge in [0.25, 0.3) is 0 Å². The molecule has 0 amide bonds. The van der Waals surface area contributed by atoms with Crippen molar-refractivity contribution in [1.82, 2.24) is 0 Å². The van der Waals surface area contributed by atoms with Gasteiger partial charge >= 0.3 is 12.1 Å². The van der Waals surface area contributed by atoms with Crippen molar-refractivity contribution in [3.8, 4) is 0 Å². The molecule has 1 aliphatic rings. The van der Waals surface area contributed by atoms with Crippen LogP contribution in [0.25, 0.3) is 0 Å². The number of alkyl halides is 4. The molecule has 2 nitrogen and oxygen atoms in total. The van der Waals surface area contributed by atoms with E-state index in [0.29, 0.717) is 12.0 Å². The highest BCUT2D eigenvalue weighted by atomic mass is 127. The van der Waals surface area contributed by atoms with Gasteiger partial charge in [0, 0.05) is 0 Å². The van der Waals surface area contributed by atoms with Crippen LogP contribution < -0.4 is 0 Å². The van der Waals surface area contributed by atoms with Gasteiger partial charge in [0.05, 0.1) is 3.92 Å². The van der Waals surface area contributed by atoms with Crippen LogP contribution in [-0.4, -0.2) is 16.1 Å². The molecule has 0 spiro atoms. The zero-order chi connectivity index (χ0) is 12.6. The lowest BCUT2D eigenvalue weighted by Crippen LogP contribution is -2.28. The Morgan fingerprint density at radius 3 is 2.65 bits per heavy atom. The first kappa shape index (κ1) is 12.7. The number of esters is 1. The molecule has 2 atom stereocenters. The standard InChI is InChI=1S/C11H8F3IO2/c12-11(13,14)10(16)17-9-7-4-2-1-3-6(7)5-8(9)15/h1-4,8-9H,5H2/t8-,9-/m1/s1. The number of fused-ring (bicyclic) bond motifs is 1. The van der Waals surface area contributed by atoms with E-state index in [1.165, 1.54) is 0 Å². The van der Waals surface area contributed by atoms with Gasteiger partial charge in [0.1, 0.15) is 6.10 Å². The number of rotatable bonds is 1. The van der Waals surface area contributed by atoms with Crippen molar-refractivity contribution in [3.05, 3.63) is 35.4 Å². The summed E-state index contributed by atoms with van der Waals surface area (Å²) in [5, 5.41) is 0. The van der Waals surface area contributed by atoms with Gasteiger partial charge in [-0.25, -0.2) is 4.79 Å². The minimum Gasteiger partial charge on any atom is -0.450 e. The van der Waals surface area contributed by atoms with Gasteiger partial charge in [-0.15, -0.1) is 0 Å². The third kappa shape index (κ3) is 2.56. The molecule has 0 saturated carbocycles. The third-order valence-corrected chi connectivity index (χ3v) is 3.66. The molecule has 1 aromatic rings. The summed E-state index contributed by atoms with van der Waals surface area (Å²) in [4.78, 5) is 10.8. The zero-order valence-electron chi connectivity index (χ0n) is 8.50. The van der Waals surface area contributed by atoms with Crippen LogP contribution in [0.1, 0.15) is 17.2 Å². The average molecular weight is 356 g/mol. The molecule has 6 heteroatoms. The summed E-state index contributed by atoms with van der Waals surface area (Å²) in [5.41, 5.74) is 1.61. The molecule has 92 valence electrons. The van der Waals surface area contributed by atoms with Crippen LogP contribution in [-0.2, 0) is 16.0 Å². The lowest BCUT2D eigenvalue weighted by atomic mass is 10.1. The number of carbonyl (C=O) groups is 1. The van der Waals surface area contributed by atoms with Crippen LogP contribution in [0.5, 0.6) is 0 Å². The number of hydrogen-bond acceptors (Lipinski definition) is 2. The fraction of sp³-hybridized carbons (Fsp3) is 0.364. The van der Waals surface area contributed by atoms with Gasteiger partial charge in [0.2, 0.25) is 0 Å². The van der Waals surface area contributed by atoms with Gasteiger partial charge in [-0.05, 0) is 17.5 Å². The first-order valence-electron chi connectivity index (χ1n) is 4.89. The monoisotopic (exact) mass is 356 g/mol. The van der Waals surface area contributed by atoms with Crippen LogP contribution in [0.15, 0.2) is 24.3 Å². The fourth-order valence-electron chi connectivity index (χ4n) is 1.83. The van der Waals surface area contributed by atoms with Crippen molar-refractivity contribution < 1.29 is 22.7 Å². The summed E-state index contributed by atoms with van der Waals surface area (Å²) in [7, 11) is 0. The molecule has 0 aromatic heterocycles. The van der Waals surface area contributed by atoms with Gasteiger partial charge in [-0.3, -0.25) is 0 Å². The minimum atomic E-state index is -4.94. The summed E-state index contributed by atoms with van der Waals surface area (Å²) in [6, 6.07) is 7.07. The van der Waals surface area contributed by atoms with Gasteiger partial charge in [-0.2, -0.15) is 13.2 Å². The van der Waals surface area contributed by atoms with E-state index in [2.05, 4.69) is 4.74 Å². The summed E-state index contributed by atoms with van der Waals surface area (Å²) >= 11 is 2.01. The lowest BCUT2D eigenvalue weighted by Gasteiger charge is -2.17. The zero-order valence-corrected chi connectivity index (χ0v) is 10.7. The Labute approximate surface area is 109 Å². The Balaban J connectivity index is 2.20. The van der Waals surface area contributed by atoms with Crippen molar-refractivity contribution in [3.63, 3.8) is 0 Å². The molecule has 0 radical (unpaired) electrons. The Morgan fingerprint density at radius 2 is 2.00 bits per heavy atom. The van der Waals surface area contributed by atoms with E-state index in [0.717, 1.165) is 5.56 Å². The lowest BCUT2D eigenvalue weighted by molar-refractivity contribution is -0.204. The molecule has 2 rings (SSSR count). The highest BCUT2D eigenvalue weighted by Gasteiger charge is 2.44. The van der Waals surface area contributed by atoms with Gasteiger partial charge in [0.15, 0.2) is 0 Å². The maximum Gasteiger partial charge on any atom is 0.490 e.